The van der Waals surface area contributed by atoms with Gasteiger partial charge in [-0.25, -0.2) is 0 Å². The molecule has 1 amide bonds. The van der Waals surface area contributed by atoms with Gasteiger partial charge in [0.15, 0.2) is 17.3 Å². The maximum Gasteiger partial charge on any atom is 0.265 e. The molecule has 19 heavy (non-hydrogen) atoms. The average molecular weight is 265 g/mol. The minimum Gasteiger partial charge on any atom is -0.485 e. The van der Waals surface area contributed by atoms with Gasteiger partial charge in [-0.05, 0) is 19.1 Å². The molecule has 0 saturated heterocycles. The third-order valence-corrected chi connectivity index (χ3v) is 2.72. The predicted octanol–water partition coefficient (Wildman–Crippen LogP) is 0.0775. The first-order chi connectivity index (χ1) is 9.11. The molecule has 1 aromatic carbocycles. The lowest BCUT2D eigenvalue weighted by atomic mass is 10.2. The fourth-order valence-corrected chi connectivity index (χ4v) is 1.62. The Morgan fingerprint density at radius 1 is 1.53 bits per heavy atom. The van der Waals surface area contributed by atoms with Gasteiger partial charge in [0.05, 0.1) is 6.04 Å². The van der Waals surface area contributed by atoms with Gasteiger partial charge in [-0.15, -0.1) is 0 Å². The minimum atomic E-state index is -0.760. The molecule has 1 aromatic rings. The lowest BCUT2D eigenvalue weighted by Gasteiger charge is -2.26. The van der Waals surface area contributed by atoms with Gasteiger partial charge in [-0.3, -0.25) is 4.79 Å². The number of carbonyl (C=O) groups excluding carboxylic acids is 1. The van der Waals surface area contributed by atoms with Gasteiger partial charge in [0, 0.05) is 0 Å². The molecule has 0 fully saturated rings. The zero-order chi connectivity index (χ0) is 13.8. The first kappa shape index (κ1) is 13.0. The number of carbonyl (C=O) groups is 1. The number of ether oxygens (including phenoxy) is 2. The number of fused-ring (bicyclic) bond motifs is 1. The fourth-order valence-electron chi connectivity index (χ4n) is 1.62. The molecule has 1 aliphatic heterocycles. The largest absolute Gasteiger partial charge is 0.485 e. The first-order valence-electron chi connectivity index (χ1n) is 5.78. The first-order valence-corrected chi connectivity index (χ1v) is 5.78. The van der Waals surface area contributed by atoms with Crippen molar-refractivity contribution < 1.29 is 19.5 Å². The van der Waals surface area contributed by atoms with Crippen LogP contribution in [0.25, 0.3) is 0 Å². The summed E-state index contributed by atoms with van der Waals surface area (Å²) in [6.45, 7) is 1.72. The van der Waals surface area contributed by atoms with E-state index in [0.717, 1.165) is 0 Å². The molecule has 7 nitrogen and oxygen atoms in total. The van der Waals surface area contributed by atoms with Crippen molar-refractivity contribution >= 4 is 11.7 Å². The Hall–Kier alpha value is -2.44. The van der Waals surface area contributed by atoms with E-state index in [2.05, 4.69) is 10.5 Å². The standard InChI is InChI=1S/C12H15N3O4/c1-7(11(13)15-17)14-12(16)10-6-18-8-4-2-3-5-9(8)19-10/h2-5,7,10,17H,6H2,1H3,(H2,13,15)(H,14,16). The number of oxime groups is 1. The van der Waals surface area contributed by atoms with Crippen LogP contribution in [0.2, 0.25) is 0 Å². The van der Waals surface area contributed by atoms with Crippen LogP contribution in [0, 0.1) is 0 Å². The molecule has 0 aromatic heterocycles. The normalized spacial score (nSPS) is 19.6. The molecule has 1 aliphatic rings. The molecule has 0 spiro atoms. The Morgan fingerprint density at radius 3 is 2.89 bits per heavy atom. The number of nitrogens with one attached hydrogen (secondary N) is 1. The van der Waals surface area contributed by atoms with E-state index in [4.69, 9.17) is 20.4 Å². The Labute approximate surface area is 110 Å². The third kappa shape index (κ3) is 2.87. The Kier molecular flexibility index (Phi) is 3.74. The van der Waals surface area contributed by atoms with E-state index in [1.165, 1.54) is 0 Å². The summed E-state index contributed by atoms with van der Waals surface area (Å²) in [7, 11) is 0. The monoisotopic (exact) mass is 265 g/mol. The van der Waals surface area contributed by atoms with Crippen LogP contribution < -0.4 is 20.5 Å². The Bertz CT molecular complexity index is 504. The summed E-state index contributed by atoms with van der Waals surface area (Å²) in [5.41, 5.74) is 5.38. The molecular weight excluding hydrogens is 250 g/mol. The number of benzene rings is 1. The number of para-hydroxylation sites is 2. The summed E-state index contributed by atoms with van der Waals surface area (Å²) >= 11 is 0. The van der Waals surface area contributed by atoms with Crippen molar-refractivity contribution in [2.75, 3.05) is 6.61 Å². The van der Waals surface area contributed by atoms with E-state index < -0.39 is 12.1 Å². The highest BCUT2D eigenvalue weighted by atomic mass is 16.6. The van der Waals surface area contributed by atoms with Gasteiger partial charge in [0.2, 0.25) is 6.10 Å². The van der Waals surface area contributed by atoms with E-state index >= 15 is 0 Å². The molecule has 1 heterocycles. The quantitative estimate of drug-likeness (QED) is 0.310. The molecule has 0 saturated carbocycles. The Balaban J connectivity index is 1.99. The van der Waals surface area contributed by atoms with Crippen LogP contribution in [0.5, 0.6) is 11.5 Å². The third-order valence-electron chi connectivity index (χ3n) is 2.72. The molecule has 2 rings (SSSR count). The predicted molar refractivity (Wildman–Crippen MR) is 67.4 cm³/mol. The van der Waals surface area contributed by atoms with Gasteiger partial charge in [-0.2, -0.15) is 0 Å². The minimum absolute atomic E-state index is 0.0783. The van der Waals surface area contributed by atoms with Gasteiger partial charge in [-0.1, -0.05) is 17.3 Å². The number of amidine groups is 1. The van der Waals surface area contributed by atoms with Crippen molar-refractivity contribution in [3.8, 4) is 11.5 Å². The van der Waals surface area contributed by atoms with Crippen LogP contribution in [0.15, 0.2) is 29.4 Å². The molecule has 7 heteroatoms. The van der Waals surface area contributed by atoms with Crippen LogP contribution in [0.1, 0.15) is 6.92 Å². The summed E-state index contributed by atoms with van der Waals surface area (Å²) in [4.78, 5) is 11.9. The van der Waals surface area contributed by atoms with Gasteiger partial charge < -0.3 is 25.7 Å². The maximum atomic E-state index is 11.9. The van der Waals surface area contributed by atoms with E-state index in [9.17, 15) is 4.79 Å². The molecule has 4 N–H and O–H groups in total. The van der Waals surface area contributed by atoms with Crippen molar-refractivity contribution in [2.24, 2.45) is 10.9 Å². The van der Waals surface area contributed by atoms with Crippen LogP contribution in [0.3, 0.4) is 0 Å². The van der Waals surface area contributed by atoms with Crippen molar-refractivity contribution in [3.05, 3.63) is 24.3 Å². The van der Waals surface area contributed by atoms with Crippen molar-refractivity contribution in [1.82, 2.24) is 5.32 Å². The molecular formula is C12H15N3O4. The zero-order valence-corrected chi connectivity index (χ0v) is 10.4. The highest BCUT2D eigenvalue weighted by Gasteiger charge is 2.28. The second-order valence-corrected chi connectivity index (χ2v) is 4.12. The van der Waals surface area contributed by atoms with Gasteiger partial charge in [0.1, 0.15) is 6.61 Å². The average Bonchev–Trinajstić information content (AvgIpc) is 2.45. The van der Waals surface area contributed by atoms with Crippen LogP contribution in [-0.2, 0) is 4.79 Å². The molecule has 0 radical (unpaired) electrons. The lowest BCUT2D eigenvalue weighted by Crippen LogP contribution is -2.50. The van der Waals surface area contributed by atoms with Gasteiger partial charge >= 0.3 is 0 Å². The Morgan fingerprint density at radius 2 is 2.21 bits per heavy atom. The second kappa shape index (κ2) is 5.47. The highest BCUT2D eigenvalue weighted by molar-refractivity contribution is 5.91. The molecule has 0 aliphatic carbocycles. The molecule has 2 unspecified atom stereocenters. The lowest BCUT2D eigenvalue weighted by molar-refractivity contribution is -0.130. The second-order valence-electron chi connectivity index (χ2n) is 4.12. The summed E-state index contributed by atoms with van der Waals surface area (Å²) in [6, 6.07) is 6.52. The summed E-state index contributed by atoms with van der Waals surface area (Å²) in [6.07, 6.45) is -0.760. The summed E-state index contributed by atoms with van der Waals surface area (Å²) in [5, 5.41) is 13.9. The maximum absolute atomic E-state index is 11.9. The summed E-state index contributed by atoms with van der Waals surface area (Å²) < 4.78 is 11.0. The molecule has 2 atom stereocenters. The van der Waals surface area contributed by atoms with E-state index in [1.807, 2.05) is 6.07 Å². The summed E-state index contributed by atoms with van der Waals surface area (Å²) in [5.74, 6) is 0.667. The number of nitrogens with zero attached hydrogens (tertiary/aromatic N) is 1. The number of hydrogen-bond donors (Lipinski definition) is 3. The van der Waals surface area contributed by atoms with Gasteiger partial charge in [0.25, 0.3) is 5.91 Å². The van der Waals surface area contributed by atoms with Crippen molar-refractivity contribution in [2.45, 2.75) is 19.1 Å². The van der Waals surface area contributed by atoms with E-state index in [-0.39, 0.29) is 18.3 Å². The number of amides is 1. The fraction of sp³-hybridized carbons (Fsp3) is 0.333. The van der Waals surface area contributed by atoms with E-state index in [1.54, 1.807) is 25.1 Å². The van der Waals surface area contributed by atoms with Crippen molar-refractivity contribution in [1.29, 1.82) is 0 Å². The smallest absolute Gasteiger partial charge is 0.265 e. The zero-order valence-electron chi connectivity index (χ0n) is 10.4. The van der Waals surface area contributed by atoms with E-state index in [0.29, 0.717) is 11.5 Å². The number of hydrogen-bond acceptors (Lipinski definition) is 5. The highest BCUT2D eigenvalue weighted by Crippen LogP contribution is 2.30. The van der Waals surface area contributed by atoms with Crippen LogP contribution >= 0.6 is 0 Å². The SMILES string of the molecule is CC(NC(=O)C1COc2ccccc2O1)/C(N)=N/O. The number of nitrogens with two attached hydrogens (primary N) is 1. The number of rotatable bonds is 3. The molecule has 102 valence electrons. The van der Waals surface area contributed by atoms with Crippen LogP contribution in [-0.4, -0.2) is 35.7 Å². The van der Waals surface area contributed by atoms with Crippen LogP contribution in [0.4, 0.5) is 0 Å². The topological polar surface area (TPSA) is 106 Å². The van der Waals surface area contributed by atoms with Crippen molar-refractivity contribution in [3.63, 3.8) is 0 Å². The molecule has 0 bridgehead atoms.